The Bertz CT molecular complexity index is 630. The van der Waals surface area contributed by atoms with E-state index in [9.17, 15) is 0 Å². The van der Waals surface area contributed by atoms with Crippen LogP contribution in [0.2, 0.25) is 0 Å². The van der Waals surface area contributed by atoms with Crippen LogP contribution in [0.3, 0.4) is 0 Å². The molecule has 0 saturated heterocycles. The Morgan fingerprint density at radius 1 is 0.850 bits per heavy atom. The van der Waals surface area contributed by atoms with Crippen LogP contribution in [0, 0.1) is 0 Å². The van der Waals surface area contributed by atoms with E-state index in [4.69, 9.17) is 0 Å². The molecule has 1 aliphatic rings. The molecule has 2 aromatic rings. The van der Waals surface area contributed by atoms with Crippen LogP contribution in [0.25, 0.3) is 0 Å². The van der Waals surface area contributed by atoms with E-state index in [1.54, 1.807) is 0 Å². The summed E-state index contributed by atoms with van der Waals surface area (Å²) >= 11 is 0. The summed E-state index contributed by atoms with van der Waals surface area (Å²) in [6.07, 6.45) is 8.47. The van der Waals surface area contributed by atoms with E-state index in [0.717, 1.165) is 30.2 Å². The molecule has 1 aromatic carbocycles. The number of hydrogen-bond acceptors (Lipinski definition) is 3. The minimum absolute atomic E-state index is 0.841. The highest BCUT2D eigenvalue weighted by atomic mass is 15.1. The van der Waals surface area contributed by atoms with Crippen molar-refractivity contribution in [2.45, 2.75) is 12.8 Å². The molecule has 3 rings (SSSR count). The Hall–Kier alpha value is -2.55. The Balaban J connectivity index is 1.72. The molecule has 3 nitrogen and oxygen atoms in total. The summed E-state index contributed by atoms with van der Waals surface area (Å²) in [6, 6.07) is 16.0. The van der Waals surface area contributed by atoms with Gasteiger partial charge in [-0.05, 0) is 43.2 Å². The number of rotatable bonds is 4. The van der Waals surface area contributed by atoms with Crippen molar-refractivity contribution in [3.05, 3.63) is 72.5 Å². The third kappa shape index (κ3) is 3.26. The highest BCUT2D eigenvalue weighted by Gasteiger charge is 2.02. The zero-order chi connectivity index (χ0) is 13.6. The van der Waals surface area contributed by atoms with Gasteiger partial charge in [0.05, 0.1) is 0 Å². The van der Waals surface area contributed by atoms with Crippen LogP contribution in [0.5, 0.6) is 0 Å². The summed E-state index contributed by atoms with van der Waals surface area (Å²) in [5.41, 5.74) is 2.24. The molecule has 20 heavy (non-hydrogen) atoms. The average molecular weight is 263 g/mol. The van der Waals surface area contributed by atoms with Gasteiger partial charge in [0, 0.05) is 11.4 Å². The van der Waals surface area contributed by atoms with Gasteiger partial charge in [0.2, 0.25) is 0 Å². The van der Waals surface area contributed by atoms with Gasteiger partial charge in [0.15, 0.2) is 0 Å². The molecule has 0 fully saturated rings. The van der Waals surface area contributed by atoms with Crippen molar-refractivity contribution in [3.8, 4) is 0 Å². The largest absolute Gasteiger partial charge is 0.344 e. The molecular weight excluding hydrogens is 246 g/mol. The summed E-state index contributed by atoms with van der Waals surface area (Å²) in [5, 5.41) is 6.66. The Morgan fingerprint density at radius 2 is 1.65 bits per heavy atom. The van der Waals surface area contributed by atoms with Crippen LogP contribution < -0.4 is 10.6 Å². The van der Waals surface area contributed by atoms with Gasteiger partial charge in [0.25, 0.3) is 0 Å². The topological polar surface area (TPSA) is 37.0 Å². The summed E-state index contributed by atoms with van der Waals surface area (Å²) < 4.78 is 0. The number of para-hydroxylation sites is 1. The maximum absolute atomic E-state index is 4.57. The van der Waals surface area contributed by atoms with Crippen molar-refractivity contribution in [2.75, 3.05) is 10.6 Å². The summed E-state index contributed by atoms with van der Waals surface area (Å²) in [5.74, 6) is 1.71. The maximum atomic E-state index is 4.57. The number of aromatic nitrogens is 1. The Morgan fingerprint density at radius 3 is 2.40 bits per heavy atom. The summed E-state index contributed by atoms with van der Waals surface area (Å²) in [4.78, 5) is 4.57. The highest BCUT2D eigenvalue weighted by Crippen LogP contribution is 2.19. The van der Waals surface area contributed by atoms with E-state index < -0.39 is 0 Å². The van der Waals surface area contributed by atoms with Crippen LogP contribution in [-0.2, 0) is 0 Å². The minimum atomic E-state index is 0.841. The van der Waals surface area contributed by atoms with Gasteiger partial charge in [-0.25, -0.2) is 4.98 Å². The summed E-state index contributed by atoms with van der Waals surface area (Å²) in [7, 11) is 0. The first kappa shape index (κ1) is 12.5. The van der Waals surface area contributed by atoms with E-state index in [1.165, 1.54) is 5.70 Å². The van der Waals surface area contributed by atoms with Gasteiger partial charge in [-0.3, -0.25) is 0 Å². The first-order valence-corrected chi connectivity index (χ1v) is 6.82. The normalized spacial score (nSPS) is 13.7. The van der Waals surface area contributed by atoms with Gasteiger partial charge in [-0.1, -0.05) is 36.4 Å². The fraction of sp³-hybridized carbons (Fsp3) is 0.118. The van der Waals surface area contributed by atoms with E-state index in [-0.39, 0.29) is 0 Å². The van der Waals surface area contributed by atoms with Crippen molar-refractivity contribution >= 4 is 17.3 Å². The molecule has 0 bridgehead atoms. The standard InChI is InChI=1S/C17H17N3/c1-3-8-14(9-4-1)18-16-12-7-13-17(20-16)19-15-10-5-2-6-11-15/h1-5,7-10,12-13H,6,11H2,(H2,18,19,20). The minimum Gasteiger partial charge on any atom is -0.344 e. The van der Waals surface area contributed by atoms with Crippen molar-refractivity contribution in [2.24, 2.45) is 0 Å². The third-order valence-corrected chi connectivity index (χ3v) is 3.10. The fourth-order valence-electron chi connectivity index (χ4n) is 2.11. The lowest BCUT2D eigenvalue weighted by Gasteiger charge is -2.12. The molecule has 2 N–H and O–H groups in total. The SMILES string of the molecule is C1=CCCC(Nc2cccc(Nc3ccccc3)n2)=C1. The van der Waals surface area contributed by atoms with E-state index in [1.807, 2.05) is 48.5 Å². The molecule has 0 spiro atoms. The van der Waals surface area contributed by atoms with E-state index >= 15 is 0 Å². The zero-order valence-corrected chi connectivity index (χ0v) is 11.2. The molecule has 0 amide bonds. The van der Waals surface area contributed by atoms with Crippen LogP contribution in [0.15, 0.2) is 72.5 Å². The molecule has 0 radical (unpaired) electrons. The number of nitrogens with one attached hydrogen (secondary N) is 2. The molecule has 100 valence electrons. The second-order valence-corrected chi connectivity index (χ2v) is 4.68. The van der Waals surface area contributed by atoms with Gasteiger partial charge in [-0.2, -0.15) is 0 Å². The fourth-order valence-corrected chi connectivity index (χ4v) is 2.11. The number of allylic oxidation sites excluding steroid dienone is 4. The number of anilines is 3. The van der Waals surface area contributed by atoms with E-state index in [0.29, 0.717) is 0 Å². The first-order valence-electron chi connectivity index (χ1n) is 6.82. The molecular formula is C17H17N3. The molecule has 0 unspecified atom stereocenters. The van der Waals surface area contributed by atoms with Crippen molar-refractivity contribution in [3.63, 3.8) is 0 Å². The summed E-state index contributed by atoms with van der Waals surface area (Å²) in [6.45, 7) is 0. The monoisotopic (exact) mass is 263 g/mol. The second-order valence-electron chi connectivity index (χ2n) is 4.68. The lowest BCUT2D eigenvalue weighted by Crippen LogP contribution is -2.04. The number of nitrogens with zero attached hydrogens (tertiary/aromatic N) is 1. The predicted molar refractivity (Wildman–Crippen MR) is 84.0 cm³/mol. The molecule has 0 atom stereocenters. The number of pyridine rings is 1. The molecule has 1 aromatic heterocycles. The van der Waals surface area contributed by atoms with Crippen LogP contribution in [-0.4, -0.2) is 4.98 Å². The maximum Gasteiger partial charge on any atom is 0.132 e. The lowest BCUT2D eigenvalue weighted by molar-refractivity contribution is 0.962. The smallest absolute Gasteiger partial charge is 0.132 e. The van der Waals surface area contributed by atoms with Crippen LogP contribution in [0.1, 0.15) is 12.8 Å². The molecule has 0 saturated carbocycles. The van der Waals surface area contributed by atoms with Gasteiger partial charge in [0.1, 0.15) is 11.6 Å². The molecule has 1 aliphatic carbocycles. The quantitative estimate of drug-likeness (QED) is 0.854. The van der Waals surface area contributed by atoms with Crippen LogP contribution in [0.4, 0.5) is 17.3 Å². The van der Waals surface area contributed by atoms with Crippen LogP contribution >= 0.6 is 0 Å². The molecule has 1 heterocycles. The Kier molecular flexibility index (Phi) is 3.78. The molecule has 0 aliphatic heterocycles. The van der Waals surface area contributed by atoms with E-state index in [2.05, 4.69) is 33.8 Å². The molecule has 3 heteroatoms. The predicted octanol–water partition coefficient (Wildman–Crippen LogP) is 4.47. The number of benzene rings is 1. The van der Waals surface area contributed by atoms with Crippen molar-refractivity contribution in [1.82, 2.24) is 4.98 Å². The third-order valence-electron chi connectivity index (χ3n) is 3.10. The Labute approximate surface area is 119 Å². The van der Waals surface area contributed by atoms with Gasteiger partial charge < -0.3 is 10.6 Å². The average Bonchev–Trinajstić information content (AvgIpc) is 2.50. The second kappa shape index (κ2) is 6.06. The van der Waals surface area contributed by atoms with Crippen molar-refractivity contribution < 1.29 is 0 Å². The van der Waals surface area contributed by atoms with Crippen molar-refractivity contribution in [1.29, 1.82) is 0 Å². The van der Waals surface area contributed by atoms with Gasteiger partial charge in [-0.15, -0.1) is 0 Å². The number of hydrogen-bond donors (Lipinski definition) is 2. The first-order chi connectivity index (χ1) is 9.90. The lowest BCUT2D eigenvalue weighted by atomic mass is 10.1. The van der Waals surface area contributed by atoms with Gasteiger partial charge >= 0.3 is 0 Å². The highest BCUT2D eigenvalue weighted by molar-refractivity contribution is 5.58. The zero-order valence-electron chi connectivity index (χ0n) is 11.2.